The Morgan fingerprint density at radius 3 is 2.43 bits per heavy atom. The molecule has 2 aromatic carbocycles. The summed E-state index contributed by atoms with van der Waals surface area (Å²) in [5.74, 6) is -0.0821. The molecule has 0 amide bonds. The maximum absolute atomic E-state index is 12.7. The third-order valence-corrected chi connectivity index (χ3v) is 8.86. The molecular formula is C20H18BrNO4S2. The largest absolute Gasteiger partial charge is 0.426 e. The van der Waals surface area contributed by atoms with Crippen molar-refractivity contribution in [2.75, 3.05) is 13.1 Å². The second-order valence-electron chi connectivity index (χ2n) is 6.67. The minimum absolute atomic E-state index is 0.298. The lowest BCUT2D eigenvalue weighted by Crippen LogP contribution is -2.40. The first-order valence-electron chi connectivity index (χ1n) is 8.89. The van der Waals surface area contributed by atoms with Crippen LogP contribution in [0.3, 0.4) is 0 Å². The zero-order chi connectivity index (χ0) is 19.7. The highest BCUT2D eigenvalue weighted by atomic mass is 79.9. The molecule has 8 heteroatoms. The van der Waals surface area contributed by atoms with Gasteiger partial charge < -0.3 is 4.74 Å². The van der Waals surface area contributed by atoms with Crippen molar-refractivity contribution in [1.29, 1.82) is 0 Å². The summed E-state index contributed by atoms with van der Waals surface area (Å²) in [7, 11) is -3.50. The Bertz CT molecular complexity index is 1120. The van der Waals surface area contributed by atoms with Gasteiger partial charge in [0.2, 0.25) is 0 Å². The number of thiophene rings is 1. The summed E-state index contributed by atoms with van der Waals surface area (Å²) in [5, 5.41) is 2.09. The number of halogens is 1. The molecule has 0 saturated carbocycles. The first-order chi connectivity index (χ1) is 13.4. The van der Waals surface area contributed by atoms with E-state index in [4.69, 9.17) is 4.74 Å². The molecule has 1 aliphatic heterocycles. The number of ether oxygens (including phenoxy) is 1. The fraction of sp³-hybridized carbons (Fsp3) is 0.250. The van der Waals surface area contributed by atoms with Crippen molar-refractivity contribution < 1.29 is 17.9 Å². The molecule has 5 nitrogen and oxygen atoms in total. The number of nitrogens with zero attached hydrogens (tertiary/aromatic N) is 1. The Hall–Kier alpha value is -1.74. The molecule has 1 fully saturated rings. The summed E-state index contributed by atoms with van der Waals surface area (Å²) >= 11 is 4.49. The van der Waals surface area contributed by atoms with Gasteiger partial charge in [0, 0.05) is 13.1 Å². The Labute approximate surface area is 176 Å². The van der Waals surface area contributed by atoms with E-state index in [2.05, 4.69) is 15.9 Å². The molecule has 1 aliphatic rings. The first kappa shape index (κ1) is 19.6. The van der Waals surface area contributed by atoms with Crippen molar-refractivity contribution in [2.24, 2.45) is 5.92 Å². The van der Waals surface area contributed by atoms with Crippen molar-refractivity contribution in [3.8, 4) is 5.75 Å². The number of rotatable bonds is 4. The number of sulfonamides is 1. The summed E-state index contributed by atoms with van der Waals surface area (Å²) < 4.78 is 33.5. The van der Waals surface area contributed by atoms with E-state index in [1.165, 1.54) is 15.6 Å². The van der Waals surface area contributed by atoms with Gasteiger partial charge >= 0.3 is 5.97 Å². The number of carbonyl (C=O) groups excluding carboxylic acids is 1. The molecule has 146 valence electrons. The number of piperidine rings is 1. The molecule has 0 spiro atoms. The minimum atomic E-state index is -3.50. The molecule has 4 rings (SSSR count). The molecule has 0 radical (unpaired) electrons. The summed E-state index contributed by atoms with van der Waals surface area (Å²) in [4.78, 5) is 12.5. The van der Waals surface area contributed by atoms with E-state index >= 15 is 0 Å². The Kier molecular flexibility index (Phi) is 5.55. The molecular weight excluding hydrogens is 462 g/mol. The topological polar surface area (TPSA) is 63.7 Å². The van der Waals surface area contributed by atoms with Gasteiger partial charge in [-0.1, -0.05) is 30.3 Å². The molecule has 0 bridgehead atoms. The van der Waals surface area contributed by atoms with Crippen LogP contribution in [0.1, 0.15) is 12.8 Å². The van der Waals surface area contributed by atoms with E-state index in [9.17, 15) is 13.2 Å². The smallest absolute Gasteiger partial charge is 0.314 e. The van der Waals surface area contributed by atoms with E-state index in [-0.39, 0.29) is 11.9 Å². The van der Waals surface area contributed by atoms with Crippen LogP contribution in [0, 0.1) is 5.92 Å². The number of fused-ring (bicyclic) bond motifs is 1. The lowest BCUT2D eigenvalue weighted by molar-refractivity contribution is -0.140. The van der Waals surface area contributed by atoms with Crippen LogP contribution in [0.2, 0.25) is 0 Å². The van der Waals surface area contributed by atoms with Gasteiger partial charge in [0.25, 0.3) is 10.0 Å². The number of benzene rings is 2. The molecule has 0 aliphatic carbocycles. The molecule has 1 saturated heterocycles. The highest BCUT2D eigenvalue weighted by molar-refractivity contribution is 9.11. The number of carbonyl (C=O) groups is 1. The average molecular weight is 480 g/mol. The summed E-state index contributed by atoms with van der Waals surface area (Å²) in [6, 6.07) is 16.8. The standard InChI is InChI=1S/C20H18BrNO4S2/c21-18-7-8-19(27-18)28(24,25)22-11-9-15(10-12-22)20(23)26-17-6-5-14-3-1-2-4-16(14)13-17/h1-8,13,15H,9-12H2. The molecule has 2 heterocycles. The van der Waals surface area contributed by atoms with Gasteiger partial charge in [-0.3, -0.25) is 4.79 Å². The van der Waals surface area contributed by atoms with Crippen molar-refractivity contribution in [3.63, 3.8) is 0 Å². The zero-order valence-corrected chi connectivity index (χ0v) is 18.1. The molecule has 0 N–H and O–H groups in total. The molecule has 28 heavy (non-hydrogen) atoms. The minimum Gasteiger partial charge on any atom is -0.426 e. The third-order valence-electron chi connectivity index (χ3n) is 4.87. The summed E-state index contributed by atoms with van der Waals surface area (Å²) in [5.41, 5.74) is 0. The van der Waals surface area contributed by atoms with Gasteiger partial charge in [0.1, 0.15) is 9.96 Å². The second-order valence-corrected chi connectivity index (χ2v) is 11.3. The SMILES string of the molecule is O=C(Oc1ccc2ccccc2c1)C1CCN(S(=O)(=O)c2ccc(Br)s2)CC1. The lowest BCUT2D eigenvalue weighted by Gasteiger charge is -2.29. The number of hydrogen-bond donors (Lipinski definition) is 0. The van der Waals surface area contributed by atoms with Crippen LogP contribution >= 0.6 is 27.3 Å². The molecule has 3 aromatic rings. The lowest BCUT2D eigenvalue weighted by atomic mass is 9.98. The van der Waals surface area contributed by atoms with Crippen molar-refractivity contribution >= 4 is 54.0 Å². The van der Waals surface area contributed by atoms with Crippen LogP contribution in [0.15, 0.2) is 62.6 Å². The van der Waals surface area contributed by atoms with Crippen LogP contribution in [0.4, 0.5) is 0 Å². The monoisotopic (exact) mass is 479 g/mol. The Morgan fingerprint density at radius 2 is 1.75 bits per heavy atom. The van der Waals surface area contributed by atoms with Crippen LogP contribution in [0.5, 0.6) is 5.75 Å². The van der Waals surface area contributed by atoms with E-state index in [1.54, 1.807) is 18.2 Å². The van der Waals surface area contributed by atoms with Crippen molar-refractivity contribution in [1.82, 2.24) is 4.31 Å². The predicted octanol–water partition coefficient (Wildman–Crippen LogP) is 4.67. The maximum atomic E-state index is 12.7. The van der Waals surface area contributed by atoms with Gasteiger partial charge in [-0.2, -0.15) is 4.31 Å². The van der Waals surface area contributed by atoms with Crippen LogP contribution in [-0.4, -0.2) is 31.8 Å². The maximum Gasteiger partial charge on any atom is 0.314 e. The van der Waals surface area contributed by atoms with Gasteiger partial charge in [0.05, 0.1) is 9.70 Å². The summed E-state index contributed by atoms with van der Waals surface area (Å²) in [6.45, 7) is 0.630. The molecule has 0 atom stereocenters. The van der Waals surface area contributed by atoms with Gasteiger partial charge in [-0.25, -0.2) is 8.42 Å². The normalized spacial score (nSPS) is 16.3. The average Bonchev–Trinajstić information content (AvgIpc) is 3.15. The van der Waals surface area contributed by atoms with Gasteiger partial charge in [0.15, 0.2) is 0 Å². The van der Waals surface area contributed by atoms with E-state index in [0.29, 0.717) is 35.9 Å². The fourth-order valence-electron chi connectivity index (χ4n) is 3.33. The van der Waals surface area contributed by atoms with Gasteiger partial charge in [-0.05, 0) is 63.8 Å². The van der Waals surface area contributed by atoms with Crippen molar-refractivity contribution in [3.05, 3.63) is 58.4 Å². The Morgan fingerprint density at radius 1 is 1.04 bits per heavy atom. The van der Waals surface area contributed by atoms with Crippen LogP contribution < -0.4 is 4.74 Å². The highest BCUT2D eigenvalue weighted by Crippen LogP contribution is 2.31. The summed E-state index contributed by atoms with van der Waals surface area (Å²) in [6.07, 6.45) is 0.913. The van der Waals surface area contributed by atoms with Crippen LogP contribution in [0.25, 0.3) is 10.8 Å². The van der Waals surface area contributed by atoms with E-state index in [0.717, 1.165) is 14.6 Å². The third kappa shape index (κ3) is 4.00. The van der Waals surface area contributed by atoms with Crippen molar-refractivity contribution in [2.45, 2.75) is 17.1 Å². The van der Waals surface area contributed by atoms with E-state index < -0.39 is 10.0 Å². The highest BCUT2D eigenvalue weighted by Gasteiger charge is 2.33. The van der Waals surface area contributed by atoms with Crippen LogP contribution in [-0.2, 0) is 14.8 Å². The molecule has 0 unspecified atom stereocenters. The number of hydrogen-bond acceptors (Lipinski definition) is 5. The fourth-order valence-corrected chi connectivity index (χ4v) is 6.96. The quantitative estimate of drug-likeness (QED) is 0.402. The second kappa shape index (κ2) is 7.94. The number of esters is 1. The molecule has 1 aromatic heterocycles. The van der Waals surface area contributed by atoms with Gasteiger partial charge in [-0.15, -0.1) is 11.3 Å². The zero-order valence-electron chi connectivity index (χ0n) is 14.9. The predicted molar refractivity (Wildman–Crippen MR) is 113 cm³/mol. The Balaban J connectivity index is 1.39. The van der Waals surface area contributed by atoms with E-state index in [1.807, 2.05) is 36.4 Å². The first-order valence-corrected chi connectivity index (χ1v) is 11.9.